The minimum absolute atomic E-state index is 0.000335. The molecule has 0 radical (unpaired) electrons. The van der Waals surface area contributed by atoms with Crippen LogP contribution in [0.15, 0.2) is 59.8 Å². The smallest absolute Gasteiger partial charge is 0.417 e. The van der Waals surface area contributed by atoms with Gasteiger partial charge in [0.25, 0.3) is 0 Å². The molecule has 0 unspecified atom stereocenters. The molecule has 8 nitrogen and oxygen atoms in total. The Kier molecular flexibility index (Phi) is 7.05. The Labute approximate surface area is 200 Å². The van der Waals surface area contributed by atoms with E-state index in [0.29, 0.717) is 18.7 Å². The lowest BCUT2D eigenvalue weighted by Crippen LogP contribution is -2.46. The fourth-order valence-corrected chi connectivity index (χ4v) is 5.15. The Morgan fingerprint density at radius 1 is 1.00 bits per heavy atom. The van der Waals surface area contributed by atoms with Crippen molar-refractivity contribution in [1.82, 2.24) is 19.6 Å². The molecule has 3 N–H and O–H groups in total. The highest BCUT2D eigenvalue weighted by atomic mass is 32.2. The highest BCUT2D eigenvalue weighted by Crippen LogP contribution is 2.37. The maximum absolute atomic E-state index is 13.8. The average molecular weight is 506 g/mol. The van der Waals surface area contributed by atoms with Gasteiger partial charge in [-0.1, -0.05) is 24.3 Å². The van der Waals surface area contributed by atoms with Crippen LogP contribution in [0.1, 0.15) is 16.7 Å². The van der Waals surface area contributed by atoms with Crippen molar-refractivity contribution in [3.05, 3.63) is 71.5 Å². The molecule has 0 saturated carbocycles. The van der Waals surface area contributed by atoms with Gasteiger partial charge in [0.1, 0.15) is 5.75 Å². The van der Waals surface area contributed by atoms with Crippen LogP contribution >= 0.6 is 0 Å². The summed E-state index contributed by atoms with van der Waals surface area (Å²) in [7, 11) is -4.31. The number of piperazine rings is 1. The third-order valence-corrected chi connectivity index (χ3v) is 7.20. The molecule has 2 aromatic carbocycles. The van der Waals surface area contributed by atoms with Crippen LogP contribution in [-0.4, -0.2) is 54.0 Å². The number of alkyl halides is 3. The number of hydrogen-bond donors (Lipinski definition) is 3. The summed E-state index contributed by atoms with van der Waals surface area (Å²) in [5.41, 5.74) is 0.140. The zero-order chi connectivity index (χ0) is 25.1. The van der Waals surface area contributed by atoms with E-state index in [1.54, 1.807) is 36.4 Å². The fourth-order valence-electron chi connectivity index (χ4n) is 3.52. The highest BCUT2D eigenvalue weighted by molar-refractivity contribution is 7.89. The molecule has 1 aliphatic rings. The molecule has 0 spiro atoms. The van der Waals surface area contributed by atoms with Crippen molar-refractivity contribution in [1.29, 1.82) is 0 Å². The van der Waals surface area contributed by atoms with E-state index in [9.17, 15) is 26.7 Å². The molecule has 0 bridgehead atoms. The molecule has 4 rings (SSSR count). The lowest BCUT2D eigenvalue weighted by atomic mass is 10.2. The van der Waals surface area contributed by atoms with E-state index in [2.05, 4.69) is 20.6 Å². The van der Waals surface area contributed by atoms with Gasteiger partial charge in [0, 0.05) is 49.8 Å². The van der Waals surface area contributed by atoms with Gasteiger partial charge in [-0.2, -0.15) is 17.5 Å². The number of anilines is 2. The molecular formula is C23H22F3N5O3S. The van der Waals surface area contributed by atoms with Crippen LogP contribution in [0.3, 0.4) is 0 Å². The van der Waals surface area contributed by atoms with Gasteiger partial charge >= 0.3 is 6.18 Å². The lowest BCUT2D eigenvalue weighted by Gasteiger charge is -2.28. The van der Waals surface area contributed by atoms with Crippen LogP contribution in [0, 0.1) is 0 Å². The lowest BCUT2D eigenvalue weighted by molar-refractivity contribution is -0.139. The van der Waals surface area contributed by atoms with Crippen molar-refractivity contribution in [3.8, 4) is 5.75 Å². The summed E-state index contributed by atoms with van der Waals surface area (Å²) in [6.45, 7) is 0.937. The molecule has 0 atom stereocenters. The van der Waals surface area contributed by atoms with Crippen molar-refractivity contribution in [2.24, 2.45) is 0 Å². The molecule has 2 heterocycles. The second-order valence-corrected chi connectivity index (χ2v) is 9.66. The molecular weight excluding hydrogens is 483 g/mol. The maximum atomic E-state index is 13.8. The SMILES string of the molecule is O=S(=O)(c1ccc(Nc2ncc(/C=C/c3cccc(O)c3)cn2)cc1C(F)(F)F)N1CCNCC1. The number of nitrogens with one attached hydrogen (secondary N) is 2. The van der Waals surface area contributed by atoms with Crippen LogP contribution in [0.2, 0.25) is 0 Å². The quantitative estimate of drug-likeness (QED) is 0.469. The third-order valence-electron chi connectivity index (χ3n) is 5.25. The first-order valence-electron chi connectivity index (χ1n) is 10.6. The number of aromatic nitrogens is 2. The van der Waals surface area contributed by atoms with E-state index in [0.717, 1.165) is 22.0 Å². The number of aromatic hydroxyl groups is 1. The Morgan fingerprint density at radius 3 is 2.34 bits per heavy atom. The number of hydrogen-bond acceptors (Lipinski definition) is 7. The van der Waals surface area contributed by atoms with Crippen LogP contribution in [-0.2, 0) is 16.2 Å². The number of sulfonamides is 1. The summed E-state index contributed by atoms with van der Waals surface area (Å²) in [5, 5.41) is 15.2. The second-order valence-electron chi connectivity index (χ2n) is 7.76. The Hall–Kier alpha value is -3.48. The molecule has 3 aromatic rings. The number of phenolic OH excluding ortho intramolecular Hbond substituents is 1. The van der Waals surface area contributed by atoms with Crippen LogP contribution in [0.25, 0.3) is 12.2 Å². The molecule has 12 heteroatoms. The van der Waals surface area contributed by atoms with Crippen molar-refractivity contribution in [3.63, 3.8) is 0 Å². The average Bonchev–Trinajstić information content (AvgIpc) is 2.83. The maximum Gasteiger partial charge on any atom is 0.417 e. The van der Waals surface area contributed by atoms with Gasteiger partial charge in [-0.25, -0.2) is 18.4 Å². The van der Waals surface area contributed by atoms with E-state index < -0.39 is 26.7 Å². The molecule has 1 aliphatic heterocycles. The van der Waals surface area contributed by atoms with Crippen molar-refractivity contribution < 1.29 is 26.7 Å². The number of halogens is 3. The van der Waals surface area contributed by atoms with E-state index in [4.69, 9.17) is 0 Å². The normalized spacial score (nSPS) is 15.4. The summed E-state index contributed by atoms with van der Waals surface area (Å²) in [5.74, 6) is 0.179. The van der Waals surface area contributed by atoms with E-state index in [-0.39, 0.29) is 30.5 Å². The highest BCUT2D eigenvalue weighted by Gasteiger charge is 2.39. The van der Waals surface area contributed by atoms with Gasteiger partial charge < -0.3 is 15.7 Å². The zero-order valence-electron chi connectivity index (χ0n) is 18.3. The van der Waals surface area contributed by atoms with Gasteiger partial charge in [-0.15, -0.1) is 0 Å². The topological polar surface area (TPSA) is 107 Å². The van der Waals surface area contributed by atoms with Crippen LogP contribution < -0.4 is 10.6 Å². The Balaban J connectivity index is 1.54. The van der Waals surface area contributed by atoms with Gasteiger partial charge in [0.05, 0.1) is 10.5 Å². The summed E-state index contributed by atoms with van der Waals surface area (Å²) in [4.78, 5) is 7.42. The van der Waals surface area contributed by atoms with Gasteiger partial charge in [0.2, 0.25) is 16.0 Å². The summed E-state index contributed by atoms with van der Waals surface area (Å²) in [6.07, 6.45) is 1.54. The molecule has 1 saturated heterocycles. The minimum atomic E-state index is -4.88. The first kappa shape index (κ1) is 24.6. The van der Waals surface area contributed by atoms with Crippen LogP contribution in [0.5, 0.6) is 5.75 Å². The zero-order valence-corrected chi connectivity index (χ0v) is 19.1. The van der Waals surface area contributed by atoms with Crippen molar-refractivity contribution in [2.75, 3.05) is 31.5 Å². The first-order valence-corrected chi connectivity index (χ1v) is 12.1. The van der Waals surface area contributed by atoms with E-state index >= 15 is 0 Å². The van der Waals surface area contributed by atoms with Gasteiger partial charge in [0.15, 0.2) is 0 Å². The largest absolute Gasteiger partial charge is 0.508 e. The van der Waals surface area contributed by atoms with E-state index in [1.807, 2.05) is 0 Å². The predicted molar refractivity (Wildman–Crippen MR) is 125 cm³/mol. The third kappa shape index (κ3) is 5.96. The fraction of sp³-hybridized carbons (Fsp3) is 0.217. The van der Waals surface area contributed by atoms with Crippen molar-refractivity contribution >= 4 is 33.8 Å². The standard InChI is InChI=1S/C23H22F3N5O3S/c24-23(25,26)20-13-18(6-7-21(20)35(33,34)31-10-8-27-9-11-31)30-22-28-14-17(15-29-22)5-4-16-2-1-3-19(32)12-16/h1-7,12-15,27,32H,8-11H2,(H,28,29,30)/b5-4+. The molecule has 0 aliphatic carbocycles. The predicted octanol–water partition coefficient (Wildman–Crippen LogP) is 3.71. The van der Waals surface area contributed by atoms with E-state index in [1.165, 1.54) is 18.5 Å². The number of benzene rings is 2. The number of phenols is 1. The van der Waals surface area contributed by atoms with Gasteiger partial charge in [-0.05, 0) is 35.9 Å². The molecule has 0 amide bonds. The minimum Gasteiger partial charge on any atom is -0.508 e. The summed E-state index contributed by atoms with van der Waals surface area (Å²) < 4.78 is 68.2. The summed E-state index contributed by atoms with van der Waals surface area (Å²) in [6, 6.07) is 9.59. The summed E-state index contributed by atoms with van der Waals surface area (Å²) >= 11 is 0. The molecule has 35 heavy (non-hydrogen) atoms. The second kappa shape index (κ2) is 10.0. The first-order chi connectivity index (χ1) is 16.6. The number of nitrogens with zero attached hydrogens (tertiary/aromatic N) is 3. The van der Waals surface area contributed by atoms with Gasteiger partial charge in [-0.3, -0.25) is 0 Å². The van der Waals surface area contributed by atoms with Crippen molar-refractivity contribution in [2.45, 2.75) is 11.1 Å². The Morgan fingerprint density at radius 2 is 1.69 bits per heavy atom. The Bertz CT molecular complexity index is 1320. The monoisotopic (exact) mass is 505 g/mol. The molecule has 1 aromatic heterocycles. The molecule has 1 fully saturated rings. The number of rotatable bonds is 6. The van der Waals surface area contributed by atoms with Crippen LogP contribution in [0.4, 0.5) is 24.8 Å². The molecule has 184 valence electrons.